The Hall–Kier alpha value is -3.87. The van der Waals surface area contributed by atoms with Crippen molar-refractivity contribution in [3.8, 4) is 17.2 Å². The van der Waals surface area contributed by atoms with Crippen molar-refractivity contribution in [2.45, 2.75) is 6.61 Å². The third kappa shape index (κ3) is 4.03. The van der Waals surface area contributed by atoms with Crippen LogP contribution in [-0.4, -0.2) is 18.2 Å². The predicted octanol–water partition coefficient (Wildman–Crippen LogP) is 4.77. The molecule has 4 rings (SSSR count). The number of carbonyl (C=O) groups is 1. The molecule has 0 saturated carbocycles. The van der Waals surface area contributed by atoms with E-state index in [-0.39, 0.29) is 17.9 Å². The van der Waals surface area contributed by atoms with E-state index in [0.717, 1.165) is 5.39 Å². The SMILES string of the molecule is COc1cccc(OCc2noc3cc(OC(=O)c4ccccc4F)ccc23)c1. The van der Waals surface area contributed by atoms with Gasteiger partial charge >= 0.3 is 5.97 Å². The average molecular weight is 393 g/mol. The van der Waals surface area contributed by atoms with Gasteiger partial charge in [-0.3, -0.25) is 0 Å². The van der Waals surface area contributed by atoms with Crippen molar-refractivity contribution < 1.29 is 27.9 Å². The van der Waals surface area contributed by atoms with E-state index in [0.29, 0.717) is 22.8 Å². The van der Waals surface area contributed by atoms with Crippen LogP contribution in [0.2, 0.25) is 0 Å². The summed E-state index contributed by atoms with van der Waals surface area (Å²) in [5.74, 6) is 0.116. The van der Waals surface area contributed by atoms with Crippen molar-refractivity contribution in [1.29, 1.82) is 0 Å². The van der Waals surface area contributed by atoms with Crippen LogP contribution in [0.1, 0.15) is 16.1 Å². The van der Waals surface area contributed by atoms with Gasteiger partial charge in [-0.25, -0.2) is 9.18 Å². The van der Waals surface area contributed by atoms with E-state index in [4.69, 9.17) is 18.7 Å². The van der Waals surface area contributed by atoms with Gasteiger partial charge in [-0.05, 0) is 36.4 Å². The highest BCUT2D eigenvalue weighted by molar-refractivity contribution is 5.92. The number of benzene rings is 3. The van der Waals surface area contributed by atoms with Crippen LogP contribution in [0.3, 0.4) is 0 Å². The molecule has 3 aromatic carbocycles. The molecule has 0 spiro atoms. The molecule has 146 valence electrons. The maximum atomic E-state index is 13.7. The van der Waals surface area contributed by atoms with Crippen molar-refractivity contribution in [2.24, 2.45) is 0 Å². The minimum absolute atomic E-state index is 0.141. The summed E-state index contributed by atoms with van der Waals surface area (Å²) in [6.07, 6.45) is 0. The quantitative estimate of drug-likeness (QED) is 0.347. The third-order valence-electron chi connectivity index (χ3n) is 4.24. The molecular formula is C22H16FNO5. The molecule has 0 radical (unpaired) electrons. The Labute approximate surface area is 165 Å². The van der Waals surface area contributed by atoms with Crippen LogP contribution in [0, 0.1) is 5.82 Å². The smallest absolute Gasteiger partial charge is 0.346 e. The van der Waals surface area contributed by atoms with Crippen LogP contribution in [0.15, 0.2) is 71.3 Å². The largest absolute Gasteiger partial charge is 0.497 e. The zero-order chi connectivity index (χ0) is 20.2. The van der Waals surface area contributed by atoms with Crippen LogP contribution < -0.4 is 14.2 Å². The molecule has 0 saturated heterocycles. The molecule has 7 heteroatoms. The lowest BCUT2D eigenvalue weighted by molar-refractivity contribution is 0.0730. The summed E-state index contributed by atoms with van der Waals surface area (Å²) in [6.45, 7) is 0.189. The first-order valence-corrected chi connectivity index (χ1v) is 8.76. The van der Waals surface area contributed by atoms with Crippen LogP contribution in [0.4, 0.5) is 4.39 Å². The van der Waals surface area contributed by atoms with E-state index in [1.165, 1.54) is 24.3 Å². The Morgan fingerprint density at radius 2 is 1.83 bits per heavy atom. The standard InChI is InChI=1S/C22H16FNO5/c1-26-14-5-4-6-15(11-14)27-13-20-18-10-9-16(12-21(18)29-24-20)28-22(25)17-7-2-3-8-19(17)23/h2-12H,13H2,1H3. The van der Waals surface area contributed by atoms with Gasteiger partial charge in [0.25, 0.3) is 0 Å². The number of carbonyl (C=O) groups excluding carboxylic acids is 1. The third-order valence-corrected chi connectivity index (χ3v) is 4.24. The molecule has 0 bridgehead atoms. The summed E-state index contributed by atoms with van der Waals surface area (Å²) in [5, 5.41) is 4.73. The van der Waals surface area contributed by atoms with Gasteiger partial charge in [-0.1, -0.05) is 23.4 Å². The minimum Gasteiger partial charge on any atom is -0.497 e. The van der Waals surface area contributed by atoms with Crippen molar-refractivity contribution in [2.75, 3.05) is 7.11 Å². The molecule has 1 aromatic heterocycles. The number of halogens is 1. The maximum absolute atomic E-state index is 13.7. The number of hydrogen-bond donors (Lipinski definition) is 0. The number of aromatic nitrogens is 1. The molecule has 0 aliphatic heterocycles. The minimum atomic E-state index is -0.788. The van der Waals surface area contributed by atoms with E-state index in [1.54, 1.807) is 31.4 Å². The van der Waals surface area contributed by atoms with Crippen molar-refractivity contribution in [1.82, 2.24) is 5.16 Å². The van der Waals surface area contributed by atoms with Gasteiger partial charge in [0.05, 0.1) is 12.7 Å². The number of methoxy groups -OCH3 is 1. The summed E-state index contributed by atoms with van der Waals surface area (Å²) in [5.41, 5.74) is 0.875. The highest BCUT2D eigenvalue weighted by atomic mass is 19.1. The lowest BCUT2D eigenvalue weighted by Crippen LogP contribution is -2.10. The fourth-order valence-corrected chi connectivity index (χ4v) is 2.77. The summed E-state index contributed by atoms with van der Waals surface area (Å²) in [6, 6.07) is 17.7. The number of hydrogen-bond acceptors (Lipinski definition) is 6. The van der Waals surface area contributed by atoms with Crippen molar-refractivity contribution >= 4 is 16.9 Å². The number of nitrogens with zero attached hydrogens (tertiary/aromatic N) is 1. The molecule has 0 unspecified atom stereocenters. The second-order valence-corrected chi connectivity index (χ2v) is 6.12. The van der Waals surface area contributed by atoms with Gasteiger partial charge in [0.1, 0.15) is 35.4 Å². The van der Waals surface area contributed by atoms with Crippen LogP contribution >= 0.6 is 0 Å². The Kier molecular flexibility index (Phi) is 5.11. The molecule has 4 aromatic rings. The first kappa shape index (κ1) is 18.5. The van der Waals surface area contributed by atoms with E-state index in [2.05, 4.69) is 5.16 Å². The van der Waals surface area contributed by atoms with E-state index in [9.17, 15) is 9.18 Å². The second kappa shape index (κ2) is 8.02. The van der Waals surface area contributed by atoms with Gasteiger partial charge in [-0.15, -0.1) is 0 Å². The molecule has 6 nitrogen and oxygen atoms in total. The van der Waals surface area contributed by atoms with Gasteiger partial charge in [-0.2, -0.15) is 0 Å². The summed E-state index contributed by atoms with van der Waals surface area (Å²) in [7, 11) is 1.58. The van der Waals surface area contributed by atoms with Crippen LogP contribution in [0.5, 0.6) is 17.2 Å². The Morgan fingerprint density at radius 3 is 2.66 bits per heavy atom. The Balaban J connectivity index is 1.48. The van der Waals surface area contributed by atoms with E-state index >= 15 is 0 Å². The number of esters is 1. The van der Waals surface area contributed by atoms with Crippen LogP contribution in [-0.2, 0) is 6.61 Å². The number of rotatable bonds is 6. The van der Waals surface area contributed by atoms with Gasteiger partial charge < -0.3 is 18.7 Å². The first-order chi connectivity index (χ1) is 14.1. The lowest BCUT2D eigenvalue weighted by atomic mass is 10.2. The van der Waals surface area contributed by atoms with E-state index < -0.39 is 11.8 Å². The Morgan fingerprint density at radius 1 is 1.00 bits per heavy atom. The molecule has 0 fully saturated rings. The molecule has 0 atom stereocenters. The normalized spacial score (nSPS) is 10.7. The lowest BCUT2D eigenvalue weighted by Gasteiger charge is -2.06. The van der Waals surface area contributed by atoms with Gasteiger partial charge in [0, 0.05) is 17.5 Å². The van der Waals surface area contributed by atoms with Gasteiger partial charge in [0.2, 0.25) is 0 Å². The number of fused-ring (bicyclic) bond motifs is 1. The second-order valence-electron chi connectivity index (χ2n) is 6.12. The van der Waals surface area contributed by atoms with E-state index in [1.807, 2.05) is 18.2 Å². The topological polar surface area (TPSA) is 70.8 Å². The predicted molar refractivity (Wildman–Crippen MR) is 103 cm³/mol. The fraction of sp³-hybridized carbons (Fsp3) is 0.0909. The number of ether oxygens (including phenoxy) is 3. The fourth-order valence-electron chi connectivity index (χ4n) is 2.77. The van der Waals surface area contributed by atoms with Crippen molar-refractivity contribution in [3.63, 3.8) is 0 Å². The zero-order valence-electron chi connectivity index (χ0n) is 15.4. The Bertz CT molecular complexity index is 1170. The molecular weight excluding hydrogens is 377 g/mol. The first-order valence-electron chi connectivity index (χ1n) is 8.76. The maximum Gasteiger partial charge on any atom is 0.346 e. The average Bonchev–Trinajstić information content (AvgIpc) is 3.15. The molecule has 1 heterocycles. The summed E-state index contributed by atoms with van der Waals surface area (Å²) in [4.78, 5) is 12.1. The molecule has 0 aliphatic carbocycles. The van der Waals surface area contributed by atoms with Crippen molar-refractivity contribution in [3.05, 3.63) is 83.8 Å². The van der Waals surface area contributed by atoms with Crippen LogP contribution in [0.25, 0.3) is 11.0 Å². The molecule has 0 amide bonds. The summed E-state index contributed by atoms with van der Waals surface area (Å²) < 4.78 is 35.2. The molecule has 0 aliphatic rings. The zero-order valence-corrected chi connectivity index (χ0v) is 15.4. The monoisotopic (exact) mass is 393 g/mol. The molecule has 29 heavy (non-hydrogen) atoms. The summed E-state index contributed by atoms with van der Waals surface area (Å²) >= 11 is 0. The molecule has 0 N–H and O–H groups in total. The van der Waals surface area contributed by atoms with Gasteiger partial charge in [0.15, 0.2) is 5.58 Å². The highest BCUT2D eigenvalue weighted by Gasteiger charge is 2.15. The highest BCUT2D eigenvalue weighted by Crippen LogP contribution is 2.26.